The van der Waals surface area contributed by atoms with E-state index in [1.165, 1.54) is 0 Å². The number of hydrogen-bond donors (Lipinski definition) is 4. The molecule has 0 bridgehead atoms. The Bertz CT molecular complexity index is 1370. The van der Waals surface area contributed by atoms with Crippen LogP contribution in [0.25, 0.3) is 27.8 Å². The molecule has 4 N–H and O–H groups in total. The number of carbonyl (C=O) groups is 1. The molecule has 1 atom stereocenters. The van der Waals surface area contributed by atoms with Crippen LogP contribution in [0.4, 0.5) is 5.69 Å². The number of aliphatic hydroxyl groups excluding tert-OH is 2. The Kier molecular flexibility index (Phi) is 24.0. The Morgan fingerprint density at radius 1 is 0.882 bits per heavy atom. The van der Waals surface area contributed by atoms with E-state index in [1.54, 1.807) is 0 Å². The largest absolute Gasteiger partial charge is 0.680 e. The van der Waals surface area contributed by atoms with Crippen molar-refractivity contribution in [3.63, 3.8) is 0 Å². The maximum absolute atomic E-state index is 11.0. The molecule has 1 aliphatic heterocycles. The van der Waals surface area contributed by atoms with Gasteiger partial charge in [0.2, 0.25) is 5.91 Å². The summed E-state index contributed by atoms with van der Waals surface area (Å²) in [5.41, 5.74) is 6.03. The van der Waals surface area contributed by atoms with Crippen LogP contribution < -0.4 is 5.32 Å². The number of hydrogen-bond acceptors (Lipinski definition) is 11. The molecule has 2 aromatic carbocycles. The van der Waals surface area contributed by atoms with Crippen molar-refractivity contribution in [1.29, 1.82) is 0 Å². The predicted octanol–water partition coefficient (Wildman–Crippen LogP) is 4.88. The fraction of sp³-hybridized carbons (Fsp3) is 0.571. The van der Waals surface area contributed by atoms with Gasteiger partial charge in [-0.25, -0.2) is 4.68 Å². The number of rotatable bonds is 23. The summed E-state index contributed by atoms with van der Waals surface area (Å²) in [6.07, 6.45) is 3.90. The molecule has 0 radical (unpaired) electrons. The Labute approximate surface area is 316 Å². The van der Waals surface area contributed by atoms with Crippen LogP contribution in [0.1, 0.15) is 51.5 Å². The number of para-hydroxylation sites is 1. The minimum atomic E-state index is -1.74. The van der Waals surface area contributed by atoms with E-state index in [4.69, 9.17) is 38.8 Å². The minimum Gasteiger partial charge on any atom is -0.680 e. The van der Waals surface area contributed by atoms with Gasteiger partial charge in [-0.15, -0.1) is 17.3 Å². The number of benzene rings is 2. The minimum absolute atomic E-state index is 0. The first kappa shape index (κ1) is 44.8. The molecule has 1 unspecified atom stereocenters. The topological polar surface area (TPSA) is 181 Å². The van der Waals surface area contributed by atoms with Crippen LogP contribution in [0.5, 0.6) is 0 Å². The van der Waals surface area contributed by atoms with Crippen LogP contribution in [0.2, 0.25) is 0 Å². The van der Waals surface area contributed by atoms with Gasteiger partial charge in [0, 0.05) is 39.6 Å². The molecular weight excluding hydrogens is 849 g/mol. The number of ether oxygens (including phenoxy) is 3. The van der Waals surface area contributed by atoms with Crippen molar-refractivity contribution in [2.45, 2.75) is 65.1 Å². The zero-order chi connectivity index (χ0) is 35.8. The Morgan fingerprint density at radius 2 is 1.55 bits per heavy atom. The van der Waals surface area contributed by atoms with Crippen molar-refractivity contribution in [3.8, 4) is 22.5 Å². The van der Waals surface area contributed by atoms with Crippen LogP contribution in [0.3, 0.4) is 0 Å². The average molecular weight is 903 g/mol. The number of unbranched alkanes of at least 4 members (excludes halogenated alkanes) is 3. The second-order valence-corrected chi connectivity index (χ2v) is 12.5. The maximum atomic E-state index is 11.0. The van der Waals surface area contributed by atoms with Gasteiger partial charge in [0.15, 0.2) is 0 Å². The molecule has 0 saturated heterocycles. The molecule has 1 amide bonds. The summed E-state index contributed by atoms with van der Waals surface area (Å²) in [4.78, 5) is 20.3. The van der Waals surface area contributed by atoms with E-state index >= 15 is 0 Å². The van der Waals surface area contributed by atoms with E-state index in [9.17, 15) is 9.69 Å². The number of nitrogens with one attached hydrogen (secondary N) is 1. The van der Waals surface area contributed by atoms with Gasteiger partial charge >= 0.3 is 8.60 Å². The standard InChI is InChI=1S/C23H27N4O4.C12H26NO5P.W/c28-10-12-30-14-16-31-15-13-29-11-9-27-23-19-6-2-1-5-18(19)17-24-21-8-4-3-7-20(21)22(23)25-26-27;1-11(2)18-19(16)17-10-6-4-3-5-8-13-12(15)7-9-14;/h1-8,28H,9-17H2;11,14,16H,3-10H2,1-2H3,(H,13,15);/q-1;;. The maximum Gasteiger partial charge on any atom is 0.330 e. The van der Waals surface area contributed by atoms with Crippen molar-refractivity contribution in [3.05, 3.63) is 59.4 Å². The number of aromatic nitrogens is 3. The smallest absolute Gasteiger partial charge is 0.330 e. The van der Waals surface area contributed by atoms with Crippen molar-refractivity contribution in [2.24, 2.45) is 0 Å². The number of carbonyl (C=O) groups excluding carboxylic acids is 1. The van der Waals surface area contributed by atoms with Crippen molar-refractivity contribution >= 4 is 20.2 Å². The Hall–Kier alpha value is -2.35. The zero-order valence-electron chi connectivity index (χ0n) is 29.7. The molecule has 51 heavy (non-hydrogen) atoms. The van der Waals surface area contributed by atoms with Gasteiger partial charge in [0.1, 0.15) is 5.69 Å². The zero-order valence-corrected chi connectivity index (χ0v) is 33.5. The normalized spacial score (nSPS) is 12.2. The van der Waals surface area contributed by atoms with E-state index in [-0.39, 0.29) is 52.7 Å². The summed E-state index contributed by atoms with van der Waals surface area (Å²) < 4.78 is 28.4. The van der Waals surface area contributed by atoms with E-state index in [0.717, 1.165) is 59.4 Å². The summed E-state index contributed by atoms with van der Waals surface area (Å²) in [5, 5.41) is 33.6. The van der Waals surface area contributed by atoms with Gasteiger partial charge in [0.25, 0.3) is 0 Å². The first-order chi connectivity index (χ1) is 24.4. The number of aliphatic hydroxyl groups is 2. The van der Waals surface area contributed by atoms with Gasteiger partial charge in [-0.05, 0) is 32.3 Å². The van der Waals surface area contributed by atoms with E-state index < -0.39 is 8.60 Å². The second kappa shape index (κ2) is 27.3. The molecule has 14 nitrogen and oxygen atoms in total. The first-order valence-electron chi connectivity index (χ1n) is 17.2. The summed E-state index contributed by atoms with van der Waals surface area (Å²) in [7, 11) is -1.74. The number of fused-ring (bicyclic) bond motifs is 5. The SMILES string of the molecule is CC(C)OP(O)OCCCCCCNC(=O)CCO.OCCOCCOCCOCCn1nnc2c1-c1ccccc1C[N-]c1ccccc1-2.[W]. The van der Waals surface area contributed by atoms with Gasteiger partial charge in [0.05, 0.1) is 77.8 Å². The molecule has 4 rings (SSSR count). The van der Waals surface area contributed by atoms with Crippen LogP contribution in [-0.2, 0) is 62.2 Å². The molecule has 3 aromatic rings. The van der Waals surface area contributed by atoms with Crippen LogP contribution in [-0.4, -0.2) is 108 Å². The Balaban J connectivity index is 0.000000392. The van der Waals surface area contributed by atoms with Gasteiger partial charge in [-0.2, -0.15) is 0 Å². The average Bonchev–Trinajstić information content (AvgIpc) is 3.51. The fourth-order valence-electron chi connectivity index (χ4n) is 4.90. The van der Waals surface area contributed by atoms with Crippen molar-refractivity contribution in [1.82, 2.24) is 20.3 Å². The molecule has 1 aromatic heterocycles. The molecule has 16 heteroatoms. The second-order valence-electron chi connectivity index (χ2n) is 11.5. The van der Waals surface area contributed by atoms with Crippen molar-refractivity contribution < 1.29 is 64.2 Å². The summed E-state index contributed by atoms with van der Waals surface area (Å²) in [6, 6.07) is 16.3. The van der Waals surface area contributed by atoms with Crippen LogP contribution in [0.15, 0.2) is 48.5 Å². The summed E-state index contributed by atoms with van der Waals surface area (Å²) >= 11 is 0. The monoisotopic (exact) mass is 902 g/mol. The Morgan fingerprint density at radius 3 is 2.27 bits per heavy atom. The van der Waals surface area contributed by atoms with Crippen LogP contribution in [0, 0.1) is 0 Å². The van der Waals surface area contributed by atoms with E-state index in [2.05, 4.69) is 27.8 Å². The third kappa shape index (κ3) is 17.3. The molecule has 0 spiro atoms. The first-order valence-corrected chi connectivity index (χ1v) is 18.4. The molecular formula is C35H53N5O9PW-. The van der Waals surface area contributed by atoms with Gasteiger partial charge < -0.3 is 49.0 Å². The summed E-state index contributed by atoms with van der Waals surface area (Å²) in [5.74, 6) is -0.109. The predicted molar refractivity (Wildman–Crippen MR) is 192 cm³/mol. The van der Waals surface area contributed by atoms with Crippen molar-refractivity contribution in [2.75, 3.05) is 66.0 Å². The van der Waals surface area contributed by atoms with E-state index in [0.29, 0.717) is 65.9 Å². The number of amides is 1. The quantitative estimate of drug-likeness (QED) is 0.0753. The van der Waals surface area contributed by atoms with Gasteiger partial charge in [-0.3, -0.25) is 4.79 Å². The summed E-state index contributed by atoms with van der Waals surface area (Å²) in [6.45, 7) is 8.76. The fourth-order valence-corrected chi connectivity index (χ4v) is 5.60. The number of nitrogens with zero attached hydrogens (tertiary/aromatic N) is 4. The third-order valence-corrected chi connectivity index (χ3v) is 8.25. The molecule has 284 valence electrons. The van der Waals surface area contributed by atoms with E-state index in [1.807, 2.05) is 54.9 Å². The molecule has 0 saturated carbocycles. The van der Waals surface area contributed by atoms with Gasteiger partial charge in [-0.1, -0.05) is 72.1 Å². The van der Waals surface area contributed by atoms with Crippen LogP contribution >= 0.6 is 8.60 Å². The third-order valence-electron chi connectivity index (χ3n) is 7.25. The molecule has 1 aliphatic rings. The molecule has 2 heterocycles. The molecule has 0 aliphatic carbocycles. The molecule has 0 fully saturated rings.